The van der Waals surface area contributed by atoms with Crippen LogP contribution < -0.4 is 0 Å². The Kier molecular flexibility index (Phi) is 4.75. The standard InChI is InChI=1S/C22H21ClN6O2/c1-22(31)4-2-5-28(12-22)21(30)16-7-14-3-6-29(20(14)24-11-16)18-9-15(8-17(23)10-18)19-25-13-26-27-19/h3,6-11,13,31H,2,4-5,12H2,1H3,(H,25,26,27). The minimum atomic E-state index is -0.845. The molecule has 8 nitrogen and oxygen atoms in total. The number of aromatic amines is 1. The molecule has 1 aliphatic heterocycles. The summed E-state index contributed by atoms with van der Waals surface area (Å²) in [5.74, 6) is 0.510. The molecular formula is C22H21ClN6O2. The van der Waals surface area contributed by atoms with Crippen LogP contribution in [0.2, 0.25) is 5.02 Å². The molecule has 0 saturated carbocycles. The van der Waals surface area contributed by atoms with Crippen molar-refractivity contribution >= 4 is 28.5 Å². The van der Waals surface area contributed by atoms with E-state index in [2.05, 4.69) is 20.2 Å². The van der Waals surface area contributed by atoms with Crippen molar-refractivity contribution in [2.45, 2.75) is 25.4 Å². The molecule has 9 heteroatoms. The Morgan fingerprint density at radius 1 is 1.29 bits per heavy atom. The summed E-state index contributed by atoms with van der Waals surface area (Å²) in [5.41, 5.74) is 2.02. The van der Waals surface area contributed by atoms with E-state index < -0.39 is 5.60 Å². The van der Waals surface area contributed by atoms with Gasteiger partial charge in [-0.3, -0.25) is 4.79 Å². The first kappa shape index (κ1) is 19.7. The molecule has 158 valence electrons. The predicted octanol–water partition coefficient (Wildman–Crippen LogP) is 3.45. The Labute approximate surface area is 183 Å². The normalized spacial score (nSPS) is 19.1. The molecule has 1 atom stereocenters. The van der Waals surface area contributed by atoms with Crippen LogP contribution in [-0.4, -0.2) is 59.3 Å². The molecule has 0 bridgehead atoms. The molecule has 5 rings (SSSR count). The zero-order valence-electron chi connectivity index (χ0n) is 16.9. The number of H-pyrrole nitrogens is 1. The van der Waals surface area contributed by atoms with E-state index in [1.165, 1.54) is 6.33 Å². The number of hydrogen-bond acceptors (Lipinski definition) is 5. The second-order valence-corrected chi connectivity index (χ2v) is 8.62. The lowest BCUT2D eigenvalue weighted by Gasteiger charge is -2.36. The van der Waals surface area contributed by atoms with Crippen molar-refractivity contribution in [3.05, 3.63) is 59.6 Å². The lowest BCUT2D eigenvalue weighted by atomic mass is 9.95. The number of fused-ring (bicyclic) bond motifs is 1. The molecule has 1 aliphatic rings. The maximum absolute atomic E-state index is 13.0. The molecule has 4 aromatic rings. The van der Waals surface area contributed by atoms with Gasteiger partial charge in [0.1, 0.15) is 12.0 Å². The SMILES string of the molecule is CC1(O)CCCN(C(=O)c2cnc3c(ccn3-c3cc(Cl)cc(-c4nnc[nH]4)c3)c2)C1. The lowest BCUT2D eigenvalue weighted by Crippen LogP contribution is -2.48. The largest absolute Gasteiger partial charge is 0.388 e. The van der Waals surface area contributed by atoms with Crippen LogP contribution >= 0.6 is 11.6 Å². The topological polar surface area (TPSA) is 99.9 Å². The Balaban J connectivity index is 1.49. The number of pyridine rings is 1. The number of nitrogens with one attached hydrogen (secondary N) is 1. The number of aromatic nitrogens is 5. The Morgan fingerprint density at radius 2 is 2.16 bits per heavy atom. The van der Waals surface area contributed by atoms with Crippen LogP contribution in [0.1, 0.15) is 30.1 Å². The number of β-amino-alcohol motifs (C(OH)–C–C–N with tert-alkyl or cyclic N) is 1. The number of rotatable bonds is 3. The molecule has 0 radical (unpaired) electrons. The third kappa shape index (κ3) is 3.80. The molecule has 0 aliphatic carbocycles. The van der Waals surface area contributed by atoms with Gasteiger partial charge in [0, 0.05) is 47.1 Å². The summed E-state index contributed by atoms with van der Waals surface area (Å²) in [7, 11) is 0. The molecule has 1 unspecified atom stereocenters. The van der Waals surface area contributed by atoms with Gasteiger partial charge in [0.05, 0.1) is 11.2 Å². The van der Waals surface area contributed by atoms with E-state index in [0.717, 1.165) is 23.1 Å². The van der Waals surface area contributed by atoms with Gasteiger partial charge in [0.25, 0.3) is 5.91 Å². The van der Waals surface area contributed by atoms with E-state index in [0.29, 0.717) is 41.6 Å². The van der Waals surface area contributed by atoms with E-state index >= 15 is 0 Å². The van der Waals surface area contributed by atoms with E-state index in [4.69, 9.17) is 11.6 Å². The summed E-state index contributed by atoms with van der Waals surface area (Å²) in [6.45, 7) is 2.74. The molecule has 1 aromatic carbocycles. The van der Waals surface area contributed by atoms with Gasteiger partial charge in [-0.1, -0.05) is 11.6 Å². The van der Waals surface area contributed by atoms with Gasteiger partial charge in [-0.15, -0.1) is 10.2 Å². The molecule has 4 heterocycles. The van der Waals surface area contributed by atoms with Crippen LogP contribution in [0.3, 0.4) is 0 Å². The molecule has 1 amide bonds. The van der Waals surface area contributed by atoms with E-state index in [1.807, 2.05) is 41.1 Å². The average Bonchev–Trinajstić information content (AvgIpc) is 3.41. The van der Waals surface area contributed by atoms with Crippen molar-refractivity contribution in [2.75, 3.05) is 13.1 Å². The number of carbonyl (C=O) groups is 1. The van der Waals surface area contributed by atoms with Crippen LogP contribution in [-0.2, 0) is 0 Å². The number of benzene rings is 1. The third-order valence-corrected chi connectivity index (χ3v) is 5.80. The van der Waals surface area contributed by atoms with Crippen molar-refractivity contribution in [1.82, 2.24) is 29.6 Å². The summed E-state index contributed by atoms with van der Waals surface area (Å²) in [6, 6.07) is 9.36. The van der Waals surface area contributed by atoms with Crippen molar-refractivity contribution in [3.63, 3.8) is 0 Å². The minimum Gasteiger partial charge on any atom is -0.388 e. The van der Waals surface area contributed by atoms with Crippen LogP contribution in [0.4, 0.5) is 0 Å². The van der Waals surface area contributed by atoms with Gasteiger partial charge in [-0.25, -0.2) is 4.98 Å². The second-order valence-electron chi connectivity index (χ2n) is 8.19. The Bertz CT molecular complexity index is 1260. The fraction of sp³-hybridized carbons (Fsp3) is 0.273. The number of carbonyl (C=O) groups excluding carboxylic acids is 1. The molecule has 31 heavy (non-hydrogen) atoms. The monoisotopic (exact) mass is 436 g/mol. The number of amides is 1. The number of likely N-dealkylation sites (tertiary alicyclic amines) is 1. The summed E-state index contributed by atoms with van der Waals surface area (Å²) in [6.07, 6.45) is 6.49. The number of halogens is 1. The van der Waals surface area contributed by atoms with Crippen molar-refractivity contribution in [2.24, 2.45) is 0 Å². The number of aliphatic hydroxyl groups is 1. The smallest absolute Gasteiger partial charge is 0.255 e. The Morgan fingerprint density at radius 3 is 2.94 bits per heavy atom. The van der Waals surface area contributed by atoms with Crippen LogP contribution in [0.25, 0.3) is 28.1 Å². The van der Waals surface area contributed by atoms with Gasteiger partial charge in [0.2, 0.25) is 0 Å². The molecule has 0 spiro atoms. The highest BCUT2D eigenvalue weighted by atomic mass is 35.5. The van der Waals surface area contributed by atoms with Gasteiger partial charge >= 0.3 is 0 Å². The highest BCUT2D eigenvalue weighted by Gasteiger charge is 2.31. The second kappa shape index (κ2) is 7.47. The average molecular weight is 437 g/mol. The number of hydrogen-bond donors (Lipinski definition) is 2. The first-order valence-corrected chi connectivity index (χ1v) is 10.4. The lowest BCUT2D eigenvalue weighted by molar-refractivity contribution is -0.0107. The van der Waals surface area contributed by atoms with E-state index in [-0.39, 0.29) is 5.91 Å². The fourth-order valence-corrected chi connectivity index (χ4v) is 4.35. The minimum absolute atomic E-state index is 0.113. The molecular weight excluding hydrogens is 416 g/mol. The zero-order chi connectivity index (χ0) is 21.6. The van der Waals surface area contributed by atoms with E-state index in [1.54, 1.807) is 18.0 Å². The first-order chi connectivity index (χ1) is 14.9. The van der Waals surface area contributed by atoms with Crippen LogP contribution in [0.15, 0.2) is 49.1 Å². The quantitative estimate of drug-likeness (QED) is 0.512. The molecule has 2 N–H and O–H groups in total. The summed E-state index contributed by atoms with van der Waals surface area (Å²) >= 11 is 6.34. The summed E-state index contributed by atoms with van der Waals surface area (Å²) < 4.78 is 1.92. The number of piperidine rings is 1. The molecule has 1 fully saturated rings. The van der Waals surface area contributed by atoms with Crippen LogP contribution in [0, 0.1) is 0 Å². The van der Waals surface area contributed by atoms with Crippen molar-refractivity contribution < 1.29 is 9.90 Å². The van der Waals surface area contributed by atoms with Gasteiger partial charge in [-0.05, 0) is 50.1 Å². The van der Waals surface area contributed by atoms with Crippen LogP contribution in [0.5, 0.6) is 0 Å². The molecule has 3 aromatic heterocycles. The van der Waals surface area contributed by atoms with Crippen molar-refractivity contribution in [3.8, 4) is 17.1 Å². The molecule has 1 saturated heterocycles. The zero-order valence-corrected chi connectivity index (χ0v) is 17.7. The third-order valence-electron chi connectivity index (χ3n) is 5.59. The maximum atomic E-state index is 13.0. The highest BCUT2D eigenvalue weighted by Crippen LogP contribution is 2.28. The highest BCUT2D eigenvalue weighted by molar-refractivity contribution is 6.31. The van der Waals surface area contributed by atoms with Crippen molar-refractivity contribution in [1.29, 1.82) is 0 Å². The first-order valence-electron chi connectivity index (χ1n) is 10.1. The van der Waals surface area contributed by atoms with E-state index in [9.17, 15) is 9.90 Å². The van der Waals surface area contributed by atoms with Gasteiger partial charge in [-0.2, -0.15) is 0 Å². The summed E-state index contributed by atoms with van der Waals surface area (Å²) in [5, 5.41) is 19.6. The fourth-order valence-electron chi connectivity index (χ4n) is 4.12. The van der Waals surface area contributed by atoms with Gasteiger partial charge < -0.3 is 19.6 Å². The Hall–Kier alpha value is -3.23. The van der Waals surface area contributed by atoms with Gasteiger partial charge in [0.15, 0.2) is 5.82 Å². The maximum Gasteiger partial charge on any atom is 0.255 e. The summed E-state index contributed by atoms with van der Waals surface area (Å²) in [4.78, 5) is 22.2. The number of nitrogens with zero attached hydrogens (tertiary/aromatic N) is 5. The predicted molar refractivity (Wildman–Crippen MR) is 117 cm³/mol.